The quantitative estimate of drug-likeness (QED) is 0.644. The van der Waals surface area contributed by atoms with Crippen molar-refractivity contribution in [1.82, 2.24) is 0 Å². The second kappa shape index (κ2) is 5.59. The fourth-order valence-electron chi connectivity index (χ4n) is 1.52. The molecule has 0 aromatic heterocycles. The summed E-state index contributed by atoms with van der Waals surface area (Å²) >= 11 is 8.98. The van der Waals surface area contributed by atoms with Crippen LogP contribution in [0.2, 0.25) is 5.02 Å². The van der Waals surface area contributed by atoms with E-state index in [4.69, 9.17) is 27.5 Å². The maximum Gasteiger partial charge on any atom is 0.142 e. The number of rotatable bonds is 3. The van der Waals surface area contributed by atoms with Crippen LogP contribution in [0.25, 0.3) is 0 Å². The molecule has 6 heteroatoms. The zero-order valence-electron chi connectivity index (χ0n) is 9.58. The van der Waals surface area contributed by atoms with Crippen LogP contribution in [-0.4, -0.2) is 5.84 Å². The largest absolute Gasteiger partial charge is 0.457 e. The van der Waals surface area contributed by atoms with E-state index in [9.17, 15) is 4.39 Å². The van der Waals surface area contributed by atoms with Gasteiger partial charge < -0.3 is 10.5 Å². The van der Waals surface area contributed by atoms with Crippen LogP contribution in [0.5, 0.6) is 11.5 Å². The second-order valence-electron chi connectivity index (χ2n) is 3.70. The molecule has 0 saturated heterocycles. The molecule has 0 spiro atoms. The van der Waals surface area contributed by atoms with E-state index in [2.05, 4.69) is 15.9 Å². The number of benzene rings is 2. The molecule has 19 heavy (non-hydrogen) atoms. The third-order valence-electron chi connectivity index (χ3n) is 2.36. The van der Waals surface area contributed by atoms with Gasteiger partial charge in [0.1, 0.15) is 23.2 Å². The summed E-state index contributed by atoms with van der Waals surface area (Å²) in [4.78, 5) is 0. The molecule has 98 valence electrons. The van der Waals surface area contributed by atoms with Crippen molar-refractivity contribution < 1.29 is 9.13 Å². The van der Waals surface area contributed by atoms with E-state index < -0.39 is 5.82 Å². The summed E-state index contributed by atoms with van der Waals surface area (Å²) in [7, 11) is 0. The van der Waals surface area contributed by atoms with Crippen LogP contribution in [0.1, 0.15) is 5.56 Å². The first kappa shape index (κ1) is 13.8. The van der Waals surface area contributed by atoms with Gasteiger partial charge in [0.25, 0.3) is 0 Å². The van der Waals surface area contributed by atoms with Gasteiger partial charge in [-0.1, -0.05) is 17.7 Å². The van der Waals surface area contributed by atoms with Gasteiger partial charge in [0.2, 0.25) is 0 Å². The molecule has 0 amide bonds. The highest BCUT2D eigenvalue weighted by Crippen LogP contribution is 2.31. The molecule has 0 saturated carbocycles. The van der Waals surface area contributed by atoms with Crippen LogP contribution in [0.4, 0.5) is 4.39 Å². The SMILES string of the molecule is N=C(N)c1c(Br)cccc1Oc1ccc(F)c(Cl)c1. The summed E-state index contributed by atoms with van der Waals surface area (Å²) in [5, 5.41) is 7.51. The average molecular weight is 344 g/mol. The van der Waals surface area contributed by atoms with Crippen molar-refractivity contribution in [1.29, 1.82) is 5.41 Å². The first-order chi connectivity index (χ1) is 8.99. The van der Waals surface area contributed by atoms with Crippen LogP contribution in [-0.2, 0) is 0 Å². The Balaban J connectivity index is 2.40. The highest BCUT2D eigenvalue weighted by Gasteiger charge is 2.12. The molecule has 0 heterocycles. The minimum atomic E-state index is -0.518. The van der Waals surface area contributed by atoms with Gasteiger partial charge in [-0.15, -0.1) is 0 Å². The lowest BCUT2D eigenvalue weighted by Gasteiger charge is -2.12. The van der Waals surface area contributed by atoms with Crippen molar-refractivity contribution in [3.8, 4) is 11.5 Å². The Labute approximate surface area is 122 Å². The summed E-state index contributed by atoms with van der Waals surface area (Å²) in [5.74, 6) is 0.113. The van der Waals surface area contributed by atoms with Crippen molar-refractivity contribution in [2.45, 2.75) is 0 Å². The zero-order chi connectivity index (χ0) is 14.0. The molecule has 2 rings (SSSR count). The molecule has 0 radical (unpaired) electrons. The molecule has 0 aliphatic heterocycles. The van der Waals surface area contributed by atoms with Crippen LogP contribution < -0.4 is 10.5 Å². The van der Waals surface area contributed by atoms with E-state index in [1.54, 1.807) is 18.2 Å². The van der Waals surface area contributed by atoms with Crippen LogP contribution in [0.3, 0.4) is 0 Å². The minimum Gasteiger partial charge on any atom is -0.457 e. The average Bonchev–Trinajstić information content (AvgIpc) is 2.33. The van der Waals surface area contributed by atoms with Crippen molar-refractivity contribution in [2.24, 2.45) is 5.73 Å². The highest BCUT2D eigenvalue weighted by molar-refractivity contribution is 9.10. The smallest absolute Gasteiger partial charge is 0.142 e. The number of nitrogens with two attached hydrogens (primary N) is 1. The Morgan fingerprint density at radius 1 is 1.32 bits per heavy atom. The molecule has 0 fully saturated rings. The molecule has 0 bridgehead atoms. The van der Waals surface area contributed by atoms with Crippen LogP contribution >= 0.6 is 27.5 Å². The fraction of sp³-hybridized carbons (Fsp3) is 0. The topological polar surface area (TPSA) is 59.1 Å². The Bertz CT molecular complexity index is 649. The number of nitrogens with one attached hydrogen (secondary N) is 1. The monoisotopic (exact) mass is 342 g/mol. The lowest BCUT2D eigenvalue weighted by atomic mass is 10.2. The second-order valence-corrected chi connectivity index (χ2v) is 4.97. The van der Waals surface area contributed by atoms with Crippen molar-refractivity contribution in [3.63, 3.8) is 0 Å². The third kappa shape index (κ3) is 3.05. The molecule has 0 aliphatic rings. The van der Waals surface area contributed by atoms with Gasteiger partial charge in [-0.2, -0.15) is 0 Å². The Morgan fingerprint density at radius 3 is 2.68 bits per heavy atom. The number of amidine groups is 1. The van der Waals surface area contributed by atoms with E-state index in [0.29, 0.717) is 21.5 Å². The van der Waals surface area contributed by atoms with Gasteiger partial charge in [0.15, 0.2) is 0 Å². The lowest BCUT2D eigenvalue weighted by Crippen LogP contribution is -2.13. The summed E-state index contributed by atoms with van der Waals surface area (Å²) in [6.45, 7) is 0. The van der Waals surface area contributed by atoms with Gasteiger partial charge in [-0.05, 0) is 40.2 Å². The van der Waals surface area contributed by atoms with Crippen molar-refractivity contribution >= 4 is 33.4 Å². The van der Waals surface area contributed by atoms with E-state index in [0.717, 1.165) is 0 Å². The van der Waals surface area contributed by atoms with E-state index in [1.807, 2.05) is 0 Å². The summed E-state index contributed by atoms with van der Waals surface area (Å²) in [6.07, 6.45) is 0. The first-order valence-corrected chi connectivity index (χ1v) is 6.42. The third-order valence-corrected chi connectivity index (χ3v) is 3.31. The van der Waals surface area contributed by atoms with E-state index in [-0.39, 0.29) is 10.9 Å². The molecule has 3 N–H and O–H groups in total. The summed E-state index contributed by atoms with van der Waals surface area (Å²) < 4.78 is 19.3. The van der Waals surface area contributed by atoms with Gasteiger partial charge in [-0.3, -0.25) is 5.41 Å². The predicted octanol–water partition coefficient (Wildman–Crippen LogP) is 4.32. The molecule has 0 unspecified atom stereocenters. The molecular formula is C13H9BrClFN2O. The fourth-order valence-corrected chi connectivity index (χ4v) is 2.25. The lowest BCUT2D eigenvalue weighted by molar-refractivity contribution is 0.479. The maximum absolute atomic E-state index is 13.1. The van der Waals surface area contributed by atoms with Gasteiger partial charge in [0, 0.05) is 10.5 Å². The van der Waals surface area contributed by atoms with Crippen LogP contribution in [0.15, 0.2) is 40.9 Å². The number of nitrogen functional groups attached to an aromatic ring is 1. The molecule has 3 nitrogen and oxygen atoms in total. The Hall–Kier alpha value is -1.59. The molecule has 2 aromatic carbocycles. The number of hydrogen-bond donors (Lipinski definition) is 2. The predicted molar refractivity (Wildman–Crippen MR) is 76.6 cm³/mol. The summed E-state index contributed by atoms with van der Waals surface area (Å²) in [6, 6.07) is 9.19. The van der Waals surface area contributed by atoms with Crippen LogP contribution in [0, 0.1) is 11.2 Å². The van der Waals surface area contributed by atoms with Crippen molar-refractivity contribution in [3.05, 3.63) is 57.3 Å². The van der Waals surface area contributed by atoms with Crippen molar-refractivity contribution in [2.75, 3.05) is 0 Å². The van der Waals surface area contributed by atoms with Gasteiger partial charge in [0.05, 0.1) is 10.6 Å². The van der Waals surface area contributed by atoms with Gasteiger partial charge >= 0.3 is 0 Å². The standard InChI is InChI=1S/C13H9BrClFN2O/c14-8-2-1-3-11(12(8)13(17)18)19-7-4-5-10(16)9(15)6-7/h1-6H,(H3,17,18). The number of halogens is 3. The number of hydrogen-bond acceptors (Lipinski definition) is 2. The molecule has 0 atom stereocenters. The zero-order valence-corrected chi connectivity index (χ0v) is 11.9. The molecule has 2 aromatic rings. The normalized spacial score (nSPS) is 10.3. The van der Waals surface area contributed by atoms with E-state index >= 15 is 0 Å². The molecule has 0 aliphatic carbocycles. The Morgan fingerprint density at radius 2 is 2.05 bits per heavy atom. The van der Waals surface area contributed by atoms with E-state index in [1.165, 1.54) is 18.2 Å². The summed E-state index contributed by atoms with van der Waals surface area (Å²) in [5.41, 5.74) is 5.94. The molecular weight excluding hydrogens is 335 g/mol. The minimum absolute atomic E-state index is 0.0307. The maximum atomic E-state index is 13.1. The highest BCUT2D eigenvalue weighted by atomic mass is 79.9. The number of ether oxygens (including phenoxy) is 1. The van der Waals surface area contributed by atoms with Gasteiger partial charge in [-0.25, -0.2) is 4.39 Å². The Kier molecular flexibility index (Phi) is 4.07. The first-order valence-electron chi connectivity index (χ1n) is 5.25.